The maximum absolute atomic E-state index is 9.76. The first-order valence-electron chi connectivity index (χ1n) is 4.37. The van der Waals surface area contributed by atoms with E-state index in [4.69, 9.17) is 10.8 Å². The molecule has 0 heterocycles. The van der Waals surface area contributed by atoms with Crippen LogP contribution in [0.25, 0.3) is 0 Å². The number of aliphatic hydroxyl groups excluding tert-OH is 2. The molecule has 78 valence electrons. The average molecular weight is 260 g/mol. The van der Waals surface area contributed by atoms with E-state index in [1.165, 1.54) is 0 Å². The lowest BCUT2D eigenvalue weighted by molar-refractivity contribution is 0.109. The molecule has 0 aliphatic heterocycles. The number of aryl methyl sites for hydroxylation is 1. The van der Waals surface area contributed by atoms with Gasteiger partial charge in [0, 0.05) is 4.47 Å². The van der Waals surface area contributed by atoms with Crippen molar-refractivity contribution < 1.29 is 10.2 Å². The van der Waals surface area contributed by atoms with E-state index in [1.807, 2.05) is 19.1 Å². The molecule has 0 aliphatic carbocycles. The predicted molar refractivity (Wildman–Crippen MR) is 58.9 cm³/mol. The minimum atomic E-state index is -0.812. The summed E-state index contributed by atoms with van der Waals surface area (Å²) in [4.78, 5) is 0. The Balaban J connectivity index is 2.95. The molecule has 2 unspecified atom stereocenters. The Labute approximate surface area is 91.7 Å². The third-order valence-electron chi connectivity index (χ3n) is 2.17. The molecule has 0 saturated carbocycles. The van der Waals surface area contributed by atoms with Crippen molar-refractivity contribution in [2.45, 2.75) is 19.1 Å². The van der Waals surface area contributed by atoms with Gasteiger partial charge in [-0.1, -0.05) is 22.0 Å². The Morgan fingerprint density at radius 2 is 2.14 bits per heavy atom. The summed E-state index contributed by atoms with van der Waals surface area (Å²) in [5, 5.41) is 18.6. The molecule has 0 aromatic heterocycles. The molecule has 0 spiro atoms. The molecule has 0 bridgehead atoms. The molecule has 4 heteroatoms. The summed E-state index contributed by atoms with van der Waals surface area (Å²) in [6.07, 6.45) is -0.812. The van der Waals surface area contributed by atoms with Gasteiger partial charge in [0.1, 0.15) is 0 Å². The van der Waals surface area contributed by atoms with Gasteiger partial charge < -0.3 is 15.9 Å². The third kappa shape index (κ3) is 2.54. The molecule has 2 atom stereocenters. The maximum atomic E-state index is 9.76. The second kappa shape index (κ2) is 4.89. The fourth-order valence-corrected chi connectivity index (χ4v) is 1.78. The van der Waals surface area contributed by atoms with E-state index in [0.717, 1.165) is 15.6 Å². The van der Waals surface area contributed by atoms with Crippen LogP contribution in [0.3, 0.4) is 0 Å². The first-order valence-corrected chi connectivity index (χ1v) is 5.16. The van der Waals surface area contributed by atoms with Gasteiger partial charge in [-0.15, -0.1) is 0 Å². The van der Waals surface area contributed by atoms with Crippen LogP contribution in [0.5, 0.6) is 0 Å². The number of hydrogen-bond acceptors (Lipinski definition) is 3. The Hall–Kier alpha value is -0.420. The van der Waals surface area contributed by atoms with E-state index in [2.05, 4.69) is 15.9 Å². The SMILES string of the molecule is Cc1cc(Br)ccc1C(O)C(N)CO. The average Bonchev–Trinajstić information content (AvgIpc) is 2.15. The number of aliphatic hydroxyl groups is 2. The normalized spacial score (nSPS) is 15.2. The van der Waals surface area contributed by atoms with Gasteiger partial charge >= 0.3 is 0 Å². The van der Waals surface area contributed by atoms with Crippen molar-refractivity contribution in [2.75, 3.05) is 6.61 Å². The van der Waals surface area contributed by atoms with Gasteiger partial charge in [-0.3, -0.25) is 0 Å². The monoisotopic (exact) mass is 259 g/mol. The Bertz CT molecular complexity index is 317. The number of halogens is 1. The van der Waals surface area contributed by atoms with E-state index in [9.17, 15) is 5.11 Å². The fraction of sp³-hybridized carbons (Fsp3) is 0.400. The standard InChI is InChI=1S/C10H14BrNO2/c1-6-4-7(11)2-3-8(6)10(14)9(12)5-13/h2-4,9-10,13-14H,5,12H2,1H3. The molecule has 0 radical (unpaired) electrons. The van der Waals surface area contributed by atoms with Crippen molar-refractivity contribution in [3.05, 3.63) is 33.8 Å². The molecule has 14 heavy (non-hydrogen) atoms. The summed E-state index contributed by atoms with van der Waals surface area (Å²) in [5.74, 6) is 0. The van der Waals surface area contributed by atoms with Crippen LogP contribution >= 0.6 is 15.9 Å². The number of benzene rings is 1. The topological polar surface area (TPSA) is 66.5 Å². The fourth-order valence-electron chi connectivity index (χ4n) is 1.30. The van der Waals surface area contributed by atoms with E-state index in [-0.39, 0.29) is 6.61 Å². The van der Waals surface area contributed by atoms with Gasteiger partial charge in [-0.2, -0.15) is 0 Å². The summed E-state index contributed by atoms with van der Waals surface area (Å²) in [7, 11) is 0. The van der Waals surface area contributed by atoms with Crippen LogP contribution in [0.1, 0.15) is 17.2 Å². The molecule has 1 aromatic rings. The molecule has 0 fully saturated rings. The lowest BCUT2D eigenvalue weighted by atomic mass is 9.99. The molecular weight excluding hydrogens is 246 g/mol. The van der Waals surface area contributed by atoms with Crippen LogP contribution in [0.15, 0.2) is 22.7 Å². The summed E-state index contributed by atoms with van der Waals surface area (Å²) < 4.78 is 0.962. The lowest BCUT2D eigenvalue weighted by Crippen LogP contribution is -2.32. The van der Waals surface area contributed by atoms with Crippen molar-refractivity contribution in [2.24, 2.45) is 5.73 Å². The first kappa shape index (κ1) is 11.7. The van der Waals surface area contributed by atoms with Crippen molar-refractivity contribution in [3.63, 3.8) is 0 Å². The molecule has 0 amide bonds. The zero-order chi connectivity index (χ0) is 10.7. The molecule has 0 saturated heterocycles. The van der Waals surface area contributed by atoms with E-state index < -0.39 is 12.1 Å². The summed E-state index contributed by atoms with van der Waals surface area (Å²) >= 11 is 3.34. The molecule has 3 nitrogen and oxygen atoms in total. The highest BCUT2D eigenvalue weighted by Crippen LogP contribution is 2.23. The molecule has 4 N–H and O–H groups in total. The highest BCUT2D eigenvalue weighted by atomic mass is 79.9. The molecular formula is C10H14BrNO2. The zero-order valence-electron chi connectivity index (χ0n) is 7.94. The third-order valence-corrected chi connectivity index (χ3v) is 2.66. The minimum Gasteiger partial charge on any atom is -0.395 e. The van der Waals surface area contributed by atoms with Crippen LogP contribution in [0.4, 0.5) is 0 Å². The summed E-state index contributed by atoms with van der Waals surface area (Å²) in [6, 6.07) is 4.92. The summed E-state index contributed by atoms with van der Waals surface area (Å²) in [6.45, 7) is 1.67. The zero-order valence-corrected chi connectivity index (χ0v) is 9.53. The molecule has 1 aromatic carbocycles. The van der Waals surface area contributed by atoms with Gasteiger partial charge in [-0.05, 0) is 30.2 Å². The highest BCUT2D eigenvalue weighted by molar-refractivity contribution is 9.10. The van der Waals surface area contributed by atoms with Gasteiger partial charge in [0.25, 0.3) is 0 Å². The van der Waals surface area contributed by atoms with Crippen molar-refractivity contribution in [3.8, 4) is 0 Å². The van der Waals surface area contributed by atoms with Crippen LogP contribution in [-0.4, -0.2) is 22.9 Å². The van der Waals surface area contributed by atoms with Crippen molar-refractivity contribution in [1.29, 1.82) is 0 Å². The van der Waals surface area contributed by atoms with E-state index in [1.54, 1.807) is 6.07 Å². The first-order chi connectivity index (χ1) is 6.56. The van der Waals surface area contributed by atoms with Crippen LogP contribution < -0.4 is 5.73 Å². The van der Waals surface area contributed by atoms with Crippen molar-refractivity contribution in [1.82, 2.24) is 0 Å². The van der Waals surface area contributed by atoms with E-state index >= 15 is 0 Å². The minimum absolute atomic E-state index is 0.226. The van der Waals surface area contributed by atoms with E-state index in [0.29, 0.717) is 0 Å². The second-order valence-corrected chi connectivity index (χ2v) is 4.21. The molecule has 1 rings (SSSR count). The second-order valence-electron chi connectivity index (χ2n) is 3.29. The number of nitrogens with two attached hydrogens (primary N) is 1. The Morgan fingerprint density at radius 3 is 2.64 bits per heavy atom. The largest absolute Gasteiger partial charge is 0.395 e. The quantitative estimate of drug-likeness (QED) is 0.762. The predicted octanol–water partition coefficient (Wildman–Crippen LogP) is 1.11. The lowest BCUT2D eigenvalue weighted by Gasteiger charge is -2.18. The smallest absolute Gasteiger partial charge is 0.0965 e. The summed E-state index contributed by atoms with van der Waals surface area (Å²) in [5.41, 5.74) is 7.26. The highest BCUT2D eigenvalue weighted by Gasteiger charge is 2.17. The van der Waals surface area contributed by atoms with Gasteiger partial charge in [0.15, 0.2) is 0 Å². The van der Waals surface area contributed by atoms with Crippen LogP contribution in [0, 0.1) is 6.92 Å². The number of rotatable bonds is 3. The number of hydrogen-bond donors (Lipinski definition) is 3. The Morgan fingerprint density at radius 1 is 1.50 bits per heavy atom. The Kier molecular flexibility index (Phi) is 4.07. The van der Waals surface area contributed by atoms with Gasteiger partial charge in [0.2, 0.25) is 0 Å². The maximum Gasteiger partial charge on any atom is 0.0965 e. The van der Waals surface area contributed by atoms with Crippen LogP contribution in [0.2, 0.25) is 0 Å². The van der Waals surface area contributed by atoms with Gasteiger partial charge in [-0.25, -0.2) is 0 Å². The van der Waals surface area contributed by atoms with Crippen molar-refractivity contribution >= 4 is 15.9 Å². The molecule has 0 aliphatic rings. The van der Waals surface area contributed by atoms with Crippen LogP contribution in [-0.2, 0) is 0 Å². The van der Waals surface area contributed by atoms with Gasteiger partial charge in [0.05, 0.1) is 18.8 Å².